The number of carbonyl (C=O) groups excluding carboxylic acids is 1. The smallest absolute Gasteiger partial charge is 0.240 e. The van der Waals surface area contributed by atoms with Gasteiger partial charge in [-0.05, 0) is 12.1 Å². The Morgan fingerprint density at radius 3 is 3.00 bits per heavy atom. The lowest BCUT2D eigenvalue weighted by atomic mass is 10.3. The van der Waals surface area contributed by atoms with Crippen LogP contribution in [-0.4, -0.2) is 11.1 Å². The Kier molecular flexibility index (Phi) is 2.31. The summed E-state index contributed by atoms with van der Waals surface area (Å²) in [5.74, 6) is 0. The summed E-state index contributed by atoms with van der Waals surface area (Å²) in [6.45, 7) is 3.52. The maximum Gasteiger partial charge on any atom is 0.240 e. The van der Waals surface area contributed by atoms with Crippen LogP contribution in [0, 0.1) is 0 Å². The fraction of sp³-hybridized carbons (Fsp3) is 0. The van der Waals surface area contributed by atoms with Crippen molar-refractivity contribution < 1.29 is 4.79 Å². The highest BCUT2D eigenvalue weighted by molar-refractivity contribution is 5.63. The van der Waals surface area contributed by atoms with Crippen LogP contribution in [0.1, 0.15) is 5.69 Å². The van der Waals surface area contributed by atoms with Crippen molar-refractivity contribution in [1.82, 2.24) is 4.98 Å². The normalized spacial score (nSPS) is 8.36. The molecule has 1 rings (SSSR count). The first-order valence-electron chi connectivity index (χ1n) is 3.03. The standard InChI is InChI=1S/C8H6N2O/c1-7(10-6-11)8-4-2-3-5-9-8/h2-5H,1H2. The molecule has 0 saturated heterocycles. The van der Waals surface area contributed by atoms with Gasteiger partial charge in [0.05, 0.1) is 11.4 Å². The molecule has 54 valence electrons. The van der Waals surface area contributed by atoms with Crippen molar-refractivity contribution in [3.63, 3.8) is 0 Å². The summed E-state index contributed by atoms with van der Waals surface area (Å²) in [5, 5.41) is 0. The first kappa shape index (κ1) is 7.38. The fourth-order valence-electron chi connectivity index (χ4n) is 0.646. The summed E-state index contributed by atoms with van der Waals surface area (Å²) in [6, 6.07) is 5.30. The maximum atomic E-state index is 9.81. The van der Waals surface area contributed by atoms with E-state index < -0.39 is 0 Å². The number of pyridine rings is 1. The van der Waals surface area contributed by atoms with Crippen LogP contribution in [-0.2, 0) is 4.79 Å². The van der Waals surface area contributed by atoms with Crippen LogP contribution in [0.2, 0.25) is 0 Å². The Bertz CT molecular complexity index is 299. The van der Waals surface area contributed by atoms with Gasteiger partial charge in [0.1, 0.15) is 0 Å². The van der Waals surface area contributed by atoms with Crippen molar-refractivity contribution in [3.05, 3.63) is 36.7 Å². The average Bonchev–Trinajstić information content (AvgIpc) is 2.07. The van der Waals surface area contributed by atoms with Gasteiger partial charge in [-0.15, -0.1) is 0 Å². The van der Waals surface area contributed by atoms with Crippen LogP contribution < -0.4 is 0 Å². The van der Waals surface area contributed by atoms with Gasteiger partial charge in [-0.2, -0.15) is 4.99 Å². The number of nitrogens with zero attached hydrogens (tertiary/aromatic N) is 2. The molecule has 0 unspecified atom stereocenters. The van der Waals surface area contributed by atoms with E-state index in [2.05, 4.69) is 16.6 Å². The SMILES string of the molecule is C=C(N=C=O)c1ccccn1. The Balaban J connectivity index is 2.94. The maximum absolute atomic E-state index is 9.81. The van der Waals surface area contributed by atoms with E-state index in [0.29, 0.717) is 11.4 Å². The van der Waals surface area contributed by atoms with Gasteiger partial charge >= 0.3 is 0 Å². The average molecular weight is 146 g/mol. The van der Waals surface area contributed by atoms with Crippen LogP contribution in [0.15, 0.2) is 36.0 Å². The molecule has 0 aliphatic rings. The van der Waals surface area contributed by atoms with Gasteiger partial charge in [-0.3, -0.25) is 4.98 Å². The van der Waals surface area contributed by atoms with Crippen molar-refractivity contribution in [2.24, 2.45) is 4.99 Å². The van der Waals surface area contributed by atoms with Crippen LogP contribution in [0.25, 0.3) is 5.70 Å². The molecule has 0 fully saturated rings. The molecule has 0 aliphatic carbocycles. The zero-order chi connectivity index (χ0) is 8.10. The van der Waals surface area contributed by atoms with Crippen LogP contribution >= 0.6 is 0 Å². The second kappa shape index (κ2) is 3.44. The quantitative estimate of drug-likeness (QED) is 0.467. The summed E-state index contributed by atoms with van der Waals surface area (Å²) < 4.78 is 0. The van der Waals surface area contributed by atoms with E-state index in [1.807, 2.05) is 0 Å². The van der Waals surface area contributed by atoms with Gasteiger partial charge in [0.15, 0.2) is 0 Å². The third-order valence-electron chi connectivity index (χ3n) is 1.14. The van der Waals surface area contributed by atoms with Gasteiger partial charge in [-0.25, -0.2) is 4.79 Å². The van der Waals surface area contributed by atoms with Crippen molar-refractivity contribution in [3.8, 4) is 0 Å². The third kappa shape index (κ3) is 1.85. The highest BCUT2D eigenvalue weighted by atomic mass is 16.1. The summed E-state index contributed by atoms with van der Waals surface area (Å²) in [6.07, 6.45) is 3.01. The molecule has 0 aliphatic heterocycles. The Morgan fingerprint density at radius 2 is 2.45 bits per heavy atom. The summed E-state index contributed by atoms with van der Waals surface area (Å²) in [7, 11) is 0. The molecule has 11 heavy (non-hydrogen) atoms. The molecular formula is C8H6N2O. The molecule has 3 heteroatoms. The lowest BCUT2D eigenvalue weighted by Gasteiger charge is -1.93. The van der Waals surface area contributed by atoms with E-state index in [0.717, 1.165) is 0 Å². The molecule has 0 saturated carbocycles. The molecule has 1 heterocycles. The second-order valence-electron chi connectivity index (χ2n) is 1.86. The molecule has 1 aromatic rings. The number of aliphatic imine (C=N–C) groups is 1. The molecular weight excluding hydrogens is 140 g/mol. The molecule has 0 N–H and O–H groups in total. The zero-order valence-corrected chi connectivity index (χ0v) is 5.82. The minimum absolute atomic E-state index is 0.334. The first-order chi connectivity index (χ1) is 5.34. The first-order valence-corrected chi connectivity index (χ1v) is 3.03. The topological polar surface area (TPSA) is 42.3 Å². The van der Waals surface area contributed by atoms with E-state index in [1.165, 1.54) is 6.08 Å². The highest BCUT2D eigenvalue weighted by Crippen LogP contribution is 2.07. The number of hydrogen-bond acceptors (Lipinski definition) is 3. The molecule has 0 spiro atoms. The van der Waals surface area contributed by atoms with Gasteiger partial charge in [0.2, 0.25) is 6.08 Å². The Morgan fingerprint density at radius 1 is 1.64 bits per heavy atom. The van der Waals surface area contributed by atoms with Gasteiger partial charge in [-0.1, -0.05) is 12.6 Å². The lowest BCUT2D eigenvalue weighted by Crippen LogP contribution is -1.82. The van der Waals surface area contributed by atoms with Gasteiger partial charge < -0.3 is 0 Å². The predicted octanol–water partition coefficient (Wildman–Crippen LogP) is 1.39. The Labute approximate surface area is 64.1 Å². The number of isocyanates is 1. The van der Waals surface area contributed by atoms with E-state index in [9.17, 15) is 4.79 Å². The number of hydrogen-bond donors (Lipinski definition) is 0. The largest absolute Gasteiger partial charge is 0.255 e. The fourth-order valence-corrected chi connectivity index (χ4v) is 0.646. The monoisotopic (exact) mass is 146 g/mol. The van der Waals surface area contributed by atoms with E-state index in [-0.39, 0.29) is 0 Å². The number of rotatable bonds is 2. The van der Waals surface area contributed by atoms with Crippen molar-refractivity contribution in [2.45, 2.75) is 0 Å². The summed E-state index contributed by atoms with van der Waals surface area (Å²) in [4.78, 5) is 17.1. The van der Waals surface area contributed by atoms with E-state index >= 15 is 0 Å². The highest BCUT2D eigenvalue weighted by Gasteiger charge is 1.94. The van der Waals surface area contributed by atoms with Gasteiger partial charge in [0, 0.05) is 6.20 Å². The lowest BCUT2D eigenvalue weighted by molar-refractivity contribution is 0.565. The Hall–Kier alpha value is -1.73. The summed E-state index contributed by atoms with van der Waals surface area (Å²) in [5.41, 5.74) is 0.927. The molecule has 0 aromatic carbocycles. The molecule has 0 atom stereocenters. The summed E-state index contributed by atoms with van der Waals surface area (Å²) >= 11 is 0. The van der Waals surface area contributed by atoms with Crippen LogP contribution in [0.5, 0.6) is 0 Å². The molecule has 1 aromatic heterocycles. The second-order valence-corrected chi connectivity index (χ2v) is 1.86. The predicted molar refractivity (Wildman–Crippen MR) is 41.4 cm³/mol. The molecule has 0 bridgehead atoms. The minimum atomic E-state index is 0.334. The number of aromatic nitrogens is 1. The third-order valence-corrected chi connectivity index (χ3v) is 1.14. The minimum Gasteiger partial charge on any atom is -0.255 e. The van der Waals surface area contributed by atoms with Crippen LogP contribution in [0.4, 0.5) is 0 Å². The van der Waals surface area contributed by atoms with Crippen molar-refractivity contribution >= 4 is 11.8 Å². The molecule has 3 nitrogen and oxygen atoms in total. The van der Waals surface area contributed by atoms with Crippen LogP contribution in [0.3, 0.4) is 0 Å². The van der Waals surface area contributed by atoms with Gasteiger partial charge in [0.25, 0.3) is 0 Å². The van der Waals surface area contributed by atoms with E-state index in [1.54, 1.807) is 24.4 Å². The zero-order valence-electron chi connectivity index (χ0n) is 5.82. The van der Waals surface area contributed by atoms with Crippen molar-refractivity contribution in [2.75, 3.05) is 0 Å². The molecule has 0 amide bonds. The molecule has 0 radical (unpaired) electrons. The van der Waals surface area contributed by atoms with Crippen molar-refractivity contribution in [1.29, 1.82) is 0 Å². The van der Waals surface area contributed by atoms with E-state index in [4.69, 9.17) is 0 Å².